The molecule has 2 rings (SSSR count). The van der Waals surface area contributed by atoms with Gasteiger partial charge in [-0.25, -0.2) is 4.68 Å². The average molecular weight is 272 g/mol. The van der Waals surface area contributed by atoms with Crippen molar-refractivity contribution in [2.45, 2.75) is 31.8 Å². The van der Waals surface area contributed by atoms with Gasteiger partial charge in [-0.05, 0) is 40.8 Å². The topological polar surface area (TPSA) is 50.9 Å². The summed E-state index contributed by atoms with van der Waals surface area (Å²) in [5, 5.41) is 17.6. The molecule has 0 saturated carbocycles. The molecule has 1 aliphatic rings. The quantitative estimate of drug-likeness (QED) is 0.849. The first-order valence-corrected chi connectivity index (χ1v) is 5.92. The van der Waals surface area contributed by atoms with E-state index in [1.54, 1.807) is 4.68 Å². The lowest BCUT2D eigenvalue weighted by Crippen LogP contribution is -2.02. The third kappa shape index (κ3) is 2.29. The zero-order valence-electron chi connectivity index (χ0n) is 8.65. The summed E-state index contributed by atoms with van der Waals surface area (Å²) in [7, 11) is 1.87. The van der Waals surface area contributed by atoms with Crippen molar-refractivity contribution in [1.82, 2.24) is 15.0 Å². The largest absolute Gasteiger partial charge is 0.389 e. The molecule has 4 nitrogen and oxygen atoms in total. The van der Waals surface area contributed by atoms with Crippen LogP contribution in [0.2, 0.25) is 0 Å². The van der Waals surface area contributed by atoms with Gasteiger partial charge in [0, 0.05) is 7.05 Å². The number of aromatic nitrogens is 3. The average Bonchev–Trinajstić information content (AvgIpc) is 2.40. The normalized spacial score (nSPS) is 22.3. The molecule has 1 unspecified atom stereocenters. The SMILES string of the molecule is Cn1nnc(Br)c1C1=CC(O)CCCC1. The van der Waals surface area contributed by atoms with E-state index in [4.69, 9.17) is 0 Å². The van der Waals surface area contributed by atoms with Crippen LogP contribution in [0.25, 0.3) is 5.57 Å². The molecule has 0 spiro atoms. The van der Waals surface area contributed by atoms with E-state index in [2.05, 4.69) is 26.2 Å². The molecule has 1 aromatic heterocycles. The van der Waals surface area contributed by atoms with Gasteiger partial charge >= 0.3 is 0 Å². The molecule has 5 heteroatoms. The van der Waals surface area contributed by atoms with E-state index in [1.807, 2.05) is 13.1 Å². The van der Waals surface area contributed by atoms with E-state index in [1.165, 1.54) is 0 Å². The molecule has 0 radical (unpaired) electrons. The molecular weight excluding hydrogens is 258 g/mol. The lowest BCUT2D eigenvalue weighted by atomic mass is 10.1. The van der Waals surface area contributed by atoms with Crippen molar-refractivity contribution in [2.75, 3.05) is 0 Å². The highest BCUT2D eigenvalue weighted by atomic mass is 79.9. The second kappa shape index (κ2) is 4.45. The molecule has 1 atom stereocenters. The maximum atomic E-state index is 9.70. The molecule has 1 aromatic rings. The number of aliphatic hydroxyl groups excluding tert-OH is 1. The second-order valence-corrected chi connectivity index (χ2v) is 4.61. The molecule has 1 aliphatic carbocycles. The van der Waals surface area contributed by atoms with Gasteiger partial charge in [-0.3, -0.25) is 0 Å². The van der Waals surface area contributed by atoms with Gasteiger partial charge in [0.1, 0.15) is 0 Å². The molecule has 15 heavy (non-hydrogen) atoms. The first kappa shape index (κ1) is 10.8. The van der Waals surface area contributed by atoms with Gasteiger partial charge in [0.05, 0.1) is 11.8 Å². The number of allylic oxidation sites excluding steroid dienone is 1. The summed E-state index contributed by atoms with van der Waals surface area (Å²) in [5.41, 5.74) is 2.12. The molecule has 0 aliphatic heterocycles. The Bertz CT molecular complexity index is 367. The fourth-order valence-electron chi connectivity index (χ4n) is 1.94. The molecule has 0 bridgehead atoms. The predicted molar refractivity (Wildman–Crippen MR) is 61.2 cm³/mol. The molecule has 1 heterocycles. The van der Waals surface area contributed by atoms with Gasteiger partial charge in [0.25, 0.3) is 0 Å². The van der Waals surface area contributed by atoms with Crippen LogP contribution in [-0.2, 0) is 7.05 Å². The van der Waals surface area contributed by atoms with Crippen LogP contribution >= 0.6 is 15.9 Å². The van der Waals surface area contributed by atoms with Gasteiger partial charge in [0.2, 0.25) is 0 Å². The van der Waals surface area contributed by atoms with Crippen LogP contribution in [0, 0.1) is 0 Å². The Morgan fingerprint density at radius 3 is 3.00 bits per heavy atom. The number of aryl methyl sites for hydroxylation is 1. The van der Waals surface area contributed by atoms with Crippen molar-refractivity contribution in [3.05, 3.63) is 16.4 Å². The zero-order chi connectivity index (χ0) is 10.8. The summed E-state index contributed by atoms with van der Waals surface area (Å²) >= 11 is 3.38. The van der Waals surface area contributed by atoms with Crippen LogP contribution in [0.1, 0.15) is 31.4 Å². The van der Waals surface area contributed by atoms with E-state index in [9.17, 15) is 5.11 Å². The van der Waals surface area contributed by atoms with Crippen molar-refractivity contribution < 1.29 is 5.11 Å². The Labute approximate surface area is 97.1 Å². The standard InChI is InChI=1S/C10H14BrN3O/c1-14-9(10(11)12-13-14)7-4-2-3-5-8(15)6-7/h6,8,15H,2-5H2,1H3. The summed E-state index contributed by atoms with van der Waals surface area (Å²) in [6.45, 7) is 0. The van der Waals surface area contributed by atoms with Crippen molar-refractivity contribution in [3.63, 3.8) is 0 Å². The molecular formula is C10H14BrN3O. The lowest BCUT2D eigenvalue weighted by molar-refractivity contribution is 0.211. The van der Waals surface area contributed by atoms with Gasteiger partial charge in [-0.15, -0.1) is 5.10 Å². The maximum Gasteiger partial charge on any atom is 0.155 e. The second-order valence-electron chi connectivity index (χ2n) is 3.86. The third-order valence-electron chi connectivity index (χ3n) is 2.68. The number of rotatable bonds is 1. The summed E-state index contributed by atoms with van der Waals surface area (Å²) < 4.78 is 2.50. The Balaban J connectivity index is 2.36. The van der Waals surface area contributed by atoms with Gasteiger partial charge < -0.3 is 5.11 Å². The van der Waals surface area contributed by atoms with Crippen LogP contribution in [0.4, 0.5) is 0 Å². The smallest absolute Gasteiger partial charge is 0.155 e. The maximum absolute atomic E-state index is 9.70. The van der Waals surface area contributed by atoms with Crippen LogP contribution in [0.3, 0.4) is 0 Å². The van der Waals surface area contributed by atoms with Crippen LogP contribution in [0.5, 0.6) is 0 Å². The van der Waals surface area contributed by atoms with E-state index >= 15 is 0 Å². The van der Waals surface area contributed by atoms with Gasteiger partial charge in [-0.1, -0.05) is 17.7 Å². The zero-order valence-corrected chi connectivity index (χ0v) is 10.2. The first-order chi connectivity index (χ1) is 7.18. The van der Waals surface area contributed by atoms with Crippen molar-refractivity contribution >= 4 is 21.5 Å². The lowest BCUT2D eigenvalue weighted by Gasteiger charge is -2.06. The number of halogens is 1. The monoisotopic (exact) mass is 271 g/mol. The highest BCUT2D eigenvalue weighted by Gasteiger charge is 2.17. The molecule has 0 saturated heterocycles. The van der Waals surface area contributed by atoms with Crippen molar-refractivity contribution in [2.24, 2.45) is 7.05 Å². The Kier molecular flexibility index (Phi) is 3.21. The van der Waals surface area contributed by atoms with Crippen molar-refractivity contribution in [3.8, 4) is 0 Å². The molecule has 82 valence electrons. The Hall–Kier alpha value is -0.680. The number of aliphatic hydroxyl groups is 1. The van der Waals surface area contributed by atoms with E-state index < -0.39 is 0 Å². The minimum atomic E-state index is -0.329. The summed E-state index contributed by atoms with van der Waals surface area (Å²) in [4.78, 5) is 0. The Morgan fingerprint density at radius 2 is 2.33 bits per heavy atom. The molecule has 0 aromatic carbocycles. The minimum Gasteiger partial charge on any atom is -0.389 e. The molecule has 0 amide bonds. The highest BCUT2D eigenvalue weighted by molar-refractivity contribution is 9.10. The van der Waals surface area contributed by atoms with Crippen LogP contribution in [-0.4, -0.2) is 26.2 Å². The fourth-order valence-corrected chi connectivity index (χ4v) is 2.52. The van der Waals surface area contributed by atoms with Crippen molar-refractivity contribution in [1.29, 1.82) is 0 Å². The minimum absolute atomic E-state index is 0.329. The molecule has 1 N–H and O–H groups in total. The van der Waals surface area contributed by atoms with E-state index in [0.29, 0.717) is 0 Å². The molecule has 0 fully saturated rings. The summed E-state index contributed by atoms with van der Waals surface area (Å²) in [5.74, 6) is 0. The predicted octanol–water partition coefficient (Wildman–Crippen LogP) is 1.90. The first-order valence-electron chi connectivity index (χ1n) is 5.13. The summed E-state index contributed by atoms with van der Waals surface area (Å²) in [6.07, 6.45) is 5.62. The van der Waals surface area contributed by atoms with Crippen LogP contribution < -0.4 is 0 Å². The highest BCUT2D eigenvalue weighted by Crippen LogP contribution is 2.29. The van der Waals surface area contributed by atoms with Crippen LogP contribution in [0.15, 0.2) is 10.7 Å². The van der Waals surface area contributed by atoms with E-state index in [0.717, 1.165) is 41.6 Å². The summed E-state index contributed by atoms with van der Waals surface area (Å²) in [6, 6.07) is 0. The van der Waals surface area contributed by atoms with Gasteiger partial charge in [-0.2, -0.15) is 0 Å². The number of hydrogen-bond donors (Lipinski definition) is 1. The Morgan fingerprint density at radius 1 is 1.53 bits per heavy atom. The number of nitrogens with zero attached hydrogens (tertiary/aromatic N) is 3. The third-order valence-corrected chi connectivity index (χ3v) is 3.21. The van der Waals surface area contributed by atoms with Gasteiger partial charge in [0.15, 0.2) is 4.60 Å². The fraction of sp³-hybridized carbons (Fsp3) is 0.600. The number of hydrogen-bond acceptors (Lipinski definition) is 3. The van der Waals surface area contributed by atoms with E-state index in [-0.39, 0.29) is 6.10 Å².